The minimum absolute atomic E-state index is 0.250. The maximum atomic E-state index is 12.3. The van der Waals surface area contributed by atoms with Crippen molar-refractivity contribution in [2.24, 2.45) is 0 Å². The van der Waals surface area contributed by atoms with E-state index in [0.29, 0.717) is 37.4 Å². The molecule has 0 aliphatic heterocycles. The normalized spacial score (nSPS) is 12.6. The predicted molar refractivity (Wildman–Crippen MR) is 437 cm³/mol. The summed E-state index contributed by atoms with van der Waals surface area (Å²) in [5, 5.41) is 9.59. The molecule has 0 bridgehead atoms. The number of carbonyl (C=O) groups excluding carboxylic acids is 3. The van der Waals surface area contributed by atoms with Crippen molar-refractivity contribution in [2.45, 2.75) is 429 Å². The Morgan fingerprint density at radius 3 is 0.574 bits per heavy atom. The number of quaternary nitrogens is 3. The molecule has 3 atom stereocenters. The van der Waals surface area contributed by atoms with Gasteiger partial charge < -0.3 is 48.6 Å². The van der Waals surface area contributed by atoms with Gasteiger partial charge in [0.2, 0.25) is 17.7 Å². The van der Waals surface area contributed by atoms with Crippen molar-refractivity contribution in [2.75, 3.05) is 78.5 Å². The molecule has 3 unspecified atom stereocenters. The van der Waals surface area contributed by atoms with Crippen LogP contribution in [0.5, 0.6) is 0 Å². The Balaban J connectivity index is -0.000000674. The molecule has 602 valence electrons. The van der Waals surface area contributed by atoms with Crippen LogP contribution >= 0.6 is 7.82 Å². The van der Waals surface area contributed by atoms with Gasteiger partial charge in [-0.15, -0.1) is 0 Å². The molecule has 101 heavy (non-hydrogen) atoms. The van der Waals surface area contributed by atoms with Gasteiger partial charge in [0.1, 0.15) is 18.1 Å². The lowest BCUT2D eigenvalue weighted by atomic mass is 10.1. The number of amides is 3. The molecule has 0 aliphatic carbocycles. The third-order valence-corrected chi connectivity index (χ3v) is 21.7. The lowest BCUT2D eigenvalue weighted by Gasteiger charge is -2.43. The number of phosphoric acid groups is 1. The SMILES string of the molecule is C=CC(C)[N+](CCCCC)(CCCCC)CCCNC(=O)CCCCCCCCCCC.C=CC(C)[N+](CCCCC)(CCCCC)CCCNC(=O)CCCCCCCCCCC.C=CC(C)[N+](CCCCC)(CCCCC)CCCNC(=O)CCCCCCCCCCC.O=P([O-])([O-])[O-]. The number of nitrogens with one attached hydrogen (secondary N) is 3. The second-order valence-electron chi connectivity index (χ2n) is 30.6. The monoisotopic (exact) mass is 1450 g/mol. The molecule has 3 amide bonds. The van der Waals surface area contributed by atoms with Crippen molar-refractivity contribution in [3.05, 3.63) is 38.0 Å². The van der Waals surface area contributed by atoms with Gasteiger partial charge in [0.15, 0.2) is 0 Å². The Kier molecular flexibility index (Phi) is 80.3. The van der Waals surface area contributed by atoms with Gasteiger partial charge in [-0.1, -0.05) is 275 Å². The van der Waals surface area contributed by atoms with Crippen LogP contribution < -0.4 is 30.6 Å². The molecule has 0 spiro atoms. The van der Waals surface area contributed by atoms with Gasteiger partial charge in [-0.25, -0.2) is 0 Å². The summed E-state index contributed by atoms with van der Waals surface area (Å²) >= 11 is 0. The van der Waals surface area contributed by atoms with Gasteiger partial charge in [0.05, 0.1) is 58.9 Å². The highest BCUT2D eigenvalue weighted by molar-refractivity contribution is 7.40. The van der Waals surface area contributed by atoms with Crippen LogP contribution in [0.25, 0.3) is 0 Å². The predicted octanol–water partition coefficient (Wildman–Crippen LogP) is 21.7. The van der Waals surface area contributed by atoms with Gasteiger partial charge in [-0.05, 0) is 135 Å². The highest BCUT2D eigenvalue weighted by Gasteiger charge is 2.33. The standard InChI is InChI=1S/3C29H58N2O.H3O4P/c3*1-6-10-13-14-15-16-17-18-19-23-29(32)30-24-22-27-31(28(5)9-4,25-20-11-7-2)26-21-12-8-3;1-5(2,3)4/h3*9,28H,4,6-8,10-27H2,1-3,5H3;(H3,1,2,3,4). The number of unbranched alkanes of at least 4 members (excludes halogenated alkanes) is 36. The van der Waals surface area contributed by atoms with Crippen molar-refractivity contribution in [1.29, 1.82) is 0 Å². The fourth-order valence-electron chi connectivity index (χ4n) is 14.5. The minimum atomic E-state index is -5.39. The van der Waals surface area contributed by atoms with E-state index in [0.717, 1.165) is 91.2 Å². The van der Waals surface area contributed by atoms with E-state index in [4.69, 9.17) is 19.2 Å². The number of hydrogen-bond donors (Lipinski definition) is 3. The van der Waals surface area contributed by atoms with E-state index in [1.807, 2.05) is 0 Å². The molecule has 13 nitrogen and oxygen atoms in total. The first-order valence-corrected chi connectivity index (χ1v) is 45.1. The summed E-state index contributed by atoms with van der Waals surface area (Å²) < 4.78 is 12.0. The molecule has 3 N–H and O–H groups in total. The molecule has 0 aromatic heterocycles. The van der Waals surface area contributed by atoms with Crippen LogP contribution in [0.15, 0.2) is 38.0 Å². The fraction of sp³-hybridized carbons (Fsp3) is 0.897. The highest BCUT2D eigenvalue weighted by atomic mass is 31.2. The average molecular weight is 1450 g/mol. The van der Waals surface area contributed by atoms with Gasteiger partial charge in [-0.2, -0.15) is 7.82 Å². The molecule has 0 aromatic rings. The van der Waals surface area contributed by atoms with Crippen LogP contribution in [-0.2, 0) is 18.9 Å². The van der Waals surface area contributed by atoms with Crippen molar-refractivity contribution in [3.8, 4) is 0 Å². The maximum absolute atomic E-state index is 12.3. The van der Waals surface area contributed by atoms with E-state index in [-0.39, 0.29) is 17.7 Å². The van der Waals surface area contributed by atoms with Crippen molar-refractivity contribution >= 4 is 25.5 Å². The zero-order valence-corrected chi connectivity index (χ0v) is 70.7. The lowest BCUT2D eigenvalue weighted by molar-refractivity contribution is -0.944. The summed E-state index contributed by atoms with van der Waals surface area (Å²) in [6.45, 7) is 53.3. The molecule has 0 fully saturated rings. The van der Waals surface area contributed by atoms with Crippen LogP contribution in [0.3, 0.4) is 0 Å². The van der Waals surface area contributed by atoms with Gasteiger partial charge >= 0.3 is 0 Å². The second-order valence-corrected chi connectivity index (χ2v) is 31.5. The first kappa shape index (κ1) is 105. The van der Waals surface area contributed by atoms with Crippen molar-refractivity contribution < 1.29 is 47.1 Å². The van der Waals surface area contributed by atoms with Crippen LogP contribution in [0, 0.1) is 0 Å². The largest absolute Gasteiger partial charge is 0.822 e. The number of rotatable bonds is 72. The Hall–Kier alpha value is -2.38. The molecular formula is C87H177N6O7P. The van der Waals surface area contributed by atoms with Gasteiger partial charge in [0, 0.05) is 58.2 Å². The quantitative estimate of drug-likeness (QED) is 0.0235. The van der Waals surface area contributed by atoms with Crippen molar-refractivity contribution in [1.82, 2.24) is 16.0 Å². The van der Waals surface area contributed by atoms with Crippen LogP contribution in [-0.4, -0.2) is 128 Å². The molecule has 14 heteroatoms. The summed E-state index contributed by atoms with van der Waals surface area (Å²) in [5.74, 6) is 0.749. The number of carbonyl (C=O) groups is 3. The molecule has 0 saturated carbocycles. The van der Waals surface area contributed by atoms with Crippen LogP contribution in [0.1, 0.15) is 411 Å². The Morgan fingerprint density at radius 1 is 0.277 bits per heavy atom. The Bertz CT molecular complexity index is 1640. The number of nitrogens with zero attached hydrogens (tertiary/aromatic N) is 3. The smallest absolute Gasteiger partial charge is 0.219 e. The molecule has 0 radical (unpaired) electrons. The summed E-state index contributed by atoms with van der Waals surface area (Å²) in [4.78, 5) is 62.4. The summed E-state index contributed by atoms with van der Waals surface area (Å²) in [6, 6.07) is 1.46. The molecule has 0 saturated heterocycles. The molecule has 0 aromatic carbocycles. The van der Waals surface area contributed by atoms with E-state index in [9.17, 15) is 14.4 Å². The number of hydrogen-bond acceptors (Lipinski definition) is 7. The zero-order valence-electron chi connectivity index (χ0n) is 69.8. The third kappa shape index (κ3) is 67.9. The Labute approximate surface area is 630 Å². The molecule has 0 rings (SSSR count). The van der Waals surface area contributed by atoms with Crippen molar-refractivity contribution in [3.63, 3.8) is 0 Å². The zero-order chi connectivity index (χ0) is 76.3. The van der Waals surface area contributed by atoms with Crippen LogP contribution in [0.4, 0.5) is 0 Å². The van der Waals surface area contributed by atoms with E-state index < -0.39 is 7.82 Å². The molecule has 0 heterocycles. The molecule has 0 aliphatic rings. The van der Waals surface area contributed by atoms with E-state index in [1.165, 1.54) is 309 Å². The summed E-state index contributed by atoms with van der Waals surface area (Å²) in [5.41, 5.74) is 0. The minimum Gasteiger partial charge on any atom is -0.822 e. The van der Waals surface area contributed by atoms with E-state index in [2.05, 4.69) is 137 Å². The second kappa shape index (κ2) is 77.2. The summed E-state index contributed by atoms with van der Waals surface area (Å²) in [6.07, 6.45) is 70.2. The first-order chi connectivity index (χ1) is 48.7. The highest BCUT2D eigenvalue weighted by Crippen LogP contribution is 2.25. The van der Waals surface area contributed by atoms with E-state index in [1.54, 1.807) is 0 Å². The van der Waals surface area contributed by atoms with Crippen LogP contribution in [0.2, 0.25) is 0 Å². The fourth-order valence-corrected chi connectivity index (χ4v) is 14.5. The average Bonchev–Trinajstić information content (AvgIpc) is 0.859. The third-order valence-electron chi connectivity index (χ3n) is 21.7. The lowest BCUT2D eigenvalue weighted by Crippen LogP contribution is -2.55. The first-order valence-electron chi connectivity index (χ1n) is 43.7. The van der Waals surface area contributed by atoms with Gasteiger partial charge in [-0.3, -0.25) is 14.4 Å². The summed E-state index contributed by atoms with van der Waals surface area (Å²) in [7, 11) is -5.39. The topological polar surface area (TPSA) is 174 Å². The molecular weight excluding hydrogens is 1270 g/mol. The van der Waals surface area contributed by atoms with E-state index >= 15 is 0 Å². The Morgan fingerprint density at radius 2 is 0.416 bits per heavy atom. The maximum Gasteiger partial charge on any atom is 0.219 e. The van der Waals surface area contributed by atoms with Gasteiger partial charge in [0.25, 0.3) is 0 Å².